The van der Waals surface area contributed by atoms with Crippen LogP contribution < -0.4 is 10.0 Å². The van der Waals surface area contributed by atoms with Gasteiger partial charge in [-0.15, -0.1) is 0 Å². The summed E-state index contributed by atoms with van der Waals surface area (Å²) < 4.78 is 26.7. The molecule has 0 saturated carbocycles. The van der Waals surface area contributed by atoms with Gasteiger partial charge in [-0.2, -0.15) is 0 Å². The number of anilines is 2. The van der Waals surface area contributed by atoms with E-state index in [0.29, 0.717) is 5.69 Å². The van der Waals surface area contributed by atoms with Gasteiger partial charge in [0.2, 0.25) is 0 Å². The summed E-state index contributed by atoms with van der Waals surface area (Å²) in [7, 11) is -2.58. The van der Waals surface area contributed by atoms with Gasteiger partial charge in [-0.25, -0.2) is 13.4 Å². The van der Waals surface area contributed by atoms with Crippen LogP contribution in [0.5, 0.6) is 0 Å². The van der Waals surface area contributed by atoms with Crippen molar-refractivity contribution in [2.75, 3.05) is 17.1 Å². The molecule has 0 aliphatic carbocycles. The van der Waals surface area contributed by atoms with Crippen molar-refractivity contribution in [2.45, 2.75) is 4.90 Å². The van der Waals surface area contributed by atoms with E-state index in [0.717, 1.165) is 6.07 Å². The maximum atomic E-state index is 12.3. The van der Waals surface area contributed by atoms with Gasteiger partial charge < -0.3 is 5.32 Å². The van der Waals surface area contributed by atoms with Gasteiger partial charge in [0.25, 0.3) is 15.7 Å². The second kappa shape index (κ2) is 5.71. The third-order valence-electron chi connectivity index (χ3n) is 2.54. The zero-order valence-electron chi connectivity index (χ0n) is 10.8. The molecule has 1 aromatic carbocycles. The number of rotatable bonds is 5. The van der Waals surface area contributed by atoms with Gasteiger partial charge in [0.05, 0.1) is 11.1 Å². The average Bonchev–Trinajstić information content (AvgIpc) is 2.47. The minimum Gasteiger partial charge on any atom is -0.388 e. The lowest BCUT2D eigenvalue weighted by Crippen LogP contribution is -2.16. The Morgan fingerprint density at radius 3 is 2.62 bits per heavy atom. The predicted octanol–water partition coefficient (Wildman–Crippen LogP) is 1.23. The molecule has 10 heteroatoms. The minimum absolute atomic E-state index is 0.0262. The first-order chi connectivity index (χ1) is 9.94. The minimum atomic E-state index is -4.16. The zero-order chi connectivity index (χ0) is 15.5. The number of benzene rings is 1. The highest BCUT2D eigenvalue weighted by atomic mass is 32.2. The summed E-state index contributed by atoms with van der Waals surface area (Å²) in [6.07, 6.45) is 3.88. The maximum Gasteiger partial charge on any atom is 0.290 e. The molecule has 21 heavy (non-hydrogen) atoms. The standard InChI is InChI=1S/C11H11N5O4S/c1-12-8-2-3-9(16(17)18)10(6-8)21(19,20)15-11-7-13-4-5-14-11/h2-7,12H,1H3,(H,14,15). The van der Waals surface area contributed by atoms with E-state index in [1.807, 2.05) is 0 Å². The van der Waals surface area contributed by atoms with E-state index in [-0.39, 0.29) is 5.82 Å². The lowest BCUT2D eigenvalue weighted by molar-refractivity contribution is -0.387. The number of sulfonamides is 1. The molecule has 0 bridgehead atoms. The Morgan fingerprint density at radius 1 is 1.29 bits per heavy atom. The number of aromatic nitrogens is 2. The van der Waals surface area contributed by atoms with Crippen molar-refractivity contribution < 1.29 is 13.3 Å². The molecule has 0 atom stereocenters. The lowest BCUT2D eigenvalue weighted by Gasteiger charge is -2.09. The van der Waals surface area contributed by atoms with E-state index in [9.17, 15) is 18.5 Å². The quantitative estimate of drug-likeness (QED) is 0.628. The van der Waals surface area contributed by atoms with Crippen LogP contribution in [0.4, 0.5) is 17.2 Å². The third kappa shape index (κ3) is 3.23. The summed E-state index contributed by atoms with van der Waals surface area (Å²) in [5, 5.41) is 13.7. The molecule has 0 saturated heterocycles. The second-order valence-electron chi connectivity index (χ2n) is 3.89. The predicted molar refractivity (Wildman–Crippen MR) is 75.5 cm³/mol. The van der Waals surface area contributed by atoms with Gasteiger partial charge >= 0.3 is 0 Å². The van der Waals surface area contributed by atoms with Crippen LogP contribution in [0, 0.1) is 10.1 Å². The molecule has 0 amide bonds. The van der Waals surface area contributed by atoms with E-state index in [2.05, 4.69) is 20.0 Å². The molecule has 0 spiro atoms. The number of nitro benzene ring substituents is 1. The highest BCUT2D eigenvalue weighted by Gasteiger charge is 2.26. The number of nitrogens with one attached hydrogen (secondary N) is 2. The van der Waals surface area contributed by atoms with Crippen molar-refractivity contribution in [1.82, 2.24) is 9.97 Å². The van der Waals surface area contributed by atoms with Crippen LogP contribution in [0.25, 0.3) is 0 Å². The van der Waals surface area contributed by atoms with Gasteiger partial charge in [-0.3, -0.25) is 19.8 Å². The SMILES string of the molecule is CNc1ccc([N+](=O)[O-])c(S(=O)(=O)Nc2cnccn2)c1. The van der Waals surface area contributed by atoms with Crippen LogP contribution >= 0.6 is 0 Å². The molecule has 0 unspecified atom stereocenters. The van der Waals surface area contributed by atoms with Crippen LogP contribution in [0.2, 0.25) is 0 Å². The van der Waals surface area contributed by atoms with Gasteiger partial charge in [-0.05, 0) is 12.1 Å². The molecule has 0 aliphatic rings. The van der Waals surface area contributed by atoms with Crippen molar-refractivity contribution >= 4 is 27.2 Å². The largest absolute Gasteiger partial charge is 0.388 e. The van der Waals surface area contributed by atoms with E-state index < -0.39 is 25.5 Å². The summed E-state index contributed by atoms with van der Waals surface area (Å²) in [4.78, 5) is 17.3. The van der Waals surface area contributed by atoms with E-state index in [1.165, 1.54) is 30.7 Å². The fraction of sp³-hybridized carbons (Fsp3) is 0.0909. The summed E-state index contributed by atoms with van der Waals surface area (Å²) in [5.41, 5.74) is -0.0921. The van der Waals surface area contributed by atoms with Crippen LogP contribution in [0.1, 0.15) is 0 Å². The van der Waals surface area contributed by atoms with Gasteiger partial charge in [-0.1, -0.05) is 0 Å². The van der Waals surface area contributed by atoms with Gasteiger partial charge in [0.15, 0.2) is 10.7 Å². The topological polar surface area (TPSA) is 127 Å². The molecular weight excluding hydrogens is 298 g/mol. The highest BCUT2D eigenvalue weighted by Crippen LogP contribution is 2.28. The van der Waals surface area contributed by atoms with Crippen molar-refractivity contribution in [3.8, 4) is 0 Å². The first-order valence-electron chi connectivity index (χ1n) is 5.69. The fourth-order valence-electron chi connectivity index (χ4n) is 1.58. The lowest BCUT2D eigenvalue weighted by atomic mass is 10.3. The Hall–Kier alpha value is -2.75. The van der Waals surface area contributed by atoms with E-state index >= 15 is 0 Å². The third-order valence-corrected chi connectivity index (χ3v) is 3.92. The normalized spacial score (nSPS) is 10.9. The van der Waals surface area contributed by atoms with Crippen molar-refractivity contribution in [3.63, 3.8) is 0 Å². The Bertz CT molecular complexity index is 763. The Morgan fingerprint density at radius 2 is 2.05 bits per heavy atom. The van der Waals surface area contributed by atoms with Crippen molar-refractivity contribution in [1.29, 1.82) is 0 Å². The summed E-state index contributed by atoms with van der Waals surface area (Å²) >= 11 is 0. The van der Waals surface area contributed by atoms with Crippen LogP contribution in [-0.4, -0.2) is 30.4 Å². The average molecular weight is 309 g/mol. The molecule has 2 N–H and O–H groups in total. The van der Waals surface area contributed by atoms with E-state index in [4.69, 9.17) is 0 Å². The summed E-state index contributed by atoms with van der Waals surface area (Å²) in [6.45, 7) is 0. The van der Waals surface area contributed by atoms with Crippen molar-refractivity contribution in [2.24, 2.45) is 0 Å². The summed E-state index contributed by atoms with van der Waals surface area (Å²) in [5.74, 6) is -0.0262. The maximum absolute atomic E-state index is 12.3. The monoisotopic (exact) mass is 309 g/mol. The van der Waals surface area contributed by atoms with Crippen LogP contribution in [0.3, 0.4) is 0 Å². The molecule has 1 aromatic heterocycles. The van der Waals surface area contributed by atoms with E-state index in [1.54, 1.807) is 7.05 Å². The number of nitrogens with zero attached hydrogens (tertiary/aromatic N) is 3. The van der Waals surface area contributed by atoms with Crippen LogP contribution in [0.15, 0.2) is 41.7 Å². The number of hydrogen-bond donors (Lipinski definition) is 2. The van der Waals surface area contributed by atoms with Crippen molar-refractivity contribution in [3.05, 3.63) is 46.9 Å². The zero-order valence-corrected chi connectivity index (χ0v) is 11.7. The molecular formula is C11H11N5O4S. The molecule has 110 valence electrons. The molecule has 0 aliphatic heterocycles. The Labute approximate surface area is 120 Å². The molecule has 0 fully saturated rings. The molecule has 9 nitrogen and oxygen atoms in total. The van der Waals surface area contributed by atoms with Crippen LogP contribution in [-0.2, 0) is 10.0 Å². The first kappa shape index (κ1) is 14.7. The molecule has 2 aromatic rings. The van der Waals surface area contributed by atoms with Gasteiger partial charge in [0.1, 0.15) is 0 Å². The fourth-order valence-corrected chi connectivity index (χ4v) is 2.77. The molecule has 0 radical (unpaired) electrons. The van der Waals surface area contributed by atoms with Gasteiger partial charge in [0, 0.05) is 31.2 Å². The Kier molecular flexibility index (Phi) is 3.98. The first-order valence-corrected chi connectivity index (χ1v) is 7.17. The second-order valence-corrected chi connectivity index (χ2v) is 5.54. The number of nitro groups is 1. The number of hydrogen-bond acceptors (Lipinski definition) is 7. The summed E-state index contributed by atoms with van der Waals surface area (Å²) in [6, 6.07) is 3.72. The Balaban J connectivity index is 2.50. The molecule has 2 rings (SSSR count). The smallest absolute Gasteiger partial charge is 0.290 e. The highest BCUT2D eigenvalue weighted by molar-refractivity contribution is 7.92. The molecule has 1 heterocycles.